The predicted molar refractivity (Wildman–Crippen MR) is 208 cm³/mol. The Bertz CT molecular complexity index is 2540. The lowest BCUT2D eigenvalue weighted by molar-refractivity contribution is 1.28. The second-order valence-corrected chi connectivity index (χ2v) is 13.2. The monoisotopic (exact) mass is 629 g/mol. The normalized spacial score (nSPS) is 11.3. The Balaban J connectivity index is 1.21. The molecule has 0 aliphatic rings. The van der Waals surface area contributed by atoms with Gasteiger partial charge in [0.1, 0.15) is 0 Å². The zero-order chi connectivity index (χ0) is 31.9. The van der Waals surface area contributed by atoms with Crippen LogP contribution in [0.2, 0.25) is 0 Å². The van der Waals surface area contributed by atoms with Gasteiger partial charge in [0.05, 0.1) is 5.69 Å². The molecule has 0 saturated heterocycles. The second-order valence-electron chi connectivity index (χ2n) is 12.2. The molecule has 0 atom stereocenters. The number of para-hydroxylation sites is 1. The fourth-order valence-corrected chi connectivity index (χ4v) is 8.02. The quantitative estimate of drug-likeness (QED) is 0.177. The molecule has 0 amide bonds. The van der Waals surface area contributed by atoms with E-state index in [1.807, 2.05) is 11.3 Å². The fourth-order valence-electron chi connectivity index (χ4n) is 6.94. The average molecular weight is 630 g/mol. The number of hydrogen-bond acceptors (Lipinski definition) is 2. The van der Waals surface area contributed by atoms with E-state index in [4.69, 9.17) is 0 Å². The predicted octanol–water partition coefficient (Wildman–Crippen LogP) is 13.7. The largest absolute Gasteiger partial charge is 0.310 e. The van der Waals surface area contributed by atoms with Crippen molar-refractivity contribution in [2.24, 2.45) is 0 Å². The van der Waals surface area contributed by atoms with E-state index in [1.165, 1.54) is 64.3 Å². The molecule has 9 rings (SSSR count). The van der Waals surface area contributed by atoms with Crippen molar-refractivity contribution in [3.8, 4) is 33.4 Å². The summed E-state index contributed by atoms with van der Waals surface area (Å²) in [4.78, 5) is 2.40. The van der Waals surface area contributed by atoms with Gasteiger partial charge in [-0.05, 0) is 87.1 Å². The highest BCUT2D eigenvalue weighted by atomic mass is 32.1. The maximum atomic E-state index is 2.40. The van der Waals surface area contributed by atoms with E-state index in [2.05, 4.69) is 193 Å². The second kappa shape index (κ2) is 12.0. The molecule has 0 saturated carbocycles. The van der Waals surface area contributed by atoms with Crippen molar-refractivity contribution >= 4 is 59.3 Å². The van der Waals surface area contributed by atoms with Crippen LogP contribution in [0.4, 0.5) is 17.1 Å². The summed E-state index contributed by atoms with van der Waals surface area (Å²) >= 11 is 1.86. The highest BCUT2D eigenvalue weighted by molar-refractivity contribution is 7.25. The van der Waals surface area contributed by atoms with Gasteiger partial charge in [-0.25, -0.2) is 0 Å². The van der Waals surface area contributed by atoms with Crippen LogP contribution >= 0.6 is 11.3 Å². The van der Waals surface area contributed by atoms with Crippen LogP contribution in [0.3, 0.4) is 0 Å². The molecule has 0 N–H and O–H groups in total. The summed E-state index contributed by atoms with van der Waals surface area (Å²) in [5.41, 5.74) is 10.6. The van der Waals surface area contributed by atoms with Crippen LogP contribution in [-0.2, 0) is 0 Å². The van der Waals surface area contributed by atoms with Crippen molar-refractivity contribution in [2.75, 3.05) is 4.90 Å². The van der Waals surface area contributed by atoms with Crippen molar-refractivity contribution < 1.29 is 0 Å². The summed E-state index contributed by atoms with van der Waals surface area (Å²) in [7, 11) is 0. The molecule has 0 fully saturated rings. The fraction of sp³-hybridized carbons (Fsp3) is 0. The lowest BCUT2D eigenvalue weighted by atomic mass is 9.94. The van der Waals surface area contributed by atoms with E-state index >= 15 is 0 Å². The zero-order valence-corrected chi connectivity index (χ0v) is 27.1. The molecule has 1 heterocycles. The molecular formula is C46H31NS. The lowest BCUT2D eigenvalue weighted by Crippen LogP contribution is -2.11. The van der Waals surface area contributed by atoms with Crippen molar-refractivity contribution in [2.45, 2.75) is 0 Å². The van der Waals surface area contributed by atoms with E-state index in [0.717, 1.165) is 17.1 Å². The molecule has 0 radical (unpaired) electrons. The molecule has 0 aliphatic heterocycles. The number of anilines is 3. The van der Waals surface area contributed by atoms with E-state index < -0.39 is 0 Å². The van der Waals surface area contributed by atoms with Gasteiger partial charge in [0, 0.05) is 37.1 Å². The number of nitrogens with zero attached hydrogens (tertiary/aromatic N) is 1. The summed E-state index contributed by atoms with van der Waals surface area (Å²) in [6.45, 7) is 0. The Kier molecular flexibility index (Phi) is 7.07. The molecule has 0 spiro atoms. The van der Waals surface area contributed by atoms with Crippen LogP contribution in [0.1, 0.15) is 0 Å². The first-order chi connectivity index (χ1) is 23.8. The van der Waals surface area contributed by atoms with Gasteiger partial charge < -0.3 is 4.90 Å². The van der Waals surface area contributed by atoms with Crippen LogP contribution in [0, 0.1) is 0 Å². The van der Waals surface area contributed by atoms with Gasteiger partial charge in [-0.3, -0.25) is 0 Å². The maximum Gasteiger partial charge on any atom is 0.0546 e. The third-order valence-electron chi connectivity index (χ3n) is 9.27. The first-order valence-corrected chi connectivity index (χ1v) is 17.2. The number of hydrogen-bond donors (Lipinski definition) is 0. The molecule has 2 heteroatoms. The molecule has 0 unspecified atom stereocenters. The minimum absolute atomic E-state index is 1.11. The van der Waals surface area contributed by atoms with Crippen molar-refractivity contribution in [1.82, 2.24) is 0 Å². The van der Waals surface area contributed by atoms with Crippen LogP contribution in [0.15, 0.2) is 188 Å². The topological polar surface area (TPSA) is 3.24 Å². The lowest BCUT2D eigenvalue weighted by Gasteiger charge is -2.29. The first-order valence-electron chi connectivity index (χ1n) is 16.3. The third-order valence-corrected chi connectivity index (χ3v) is 10.4. The van der Waals surface area contributed by atoms with Gasteiger partial charge in [-0.15, -0.1) is 11.3 Å². The van der Waals surface area contributed by atoms with Crippen molar-refractivity contribution in [3.63, 3.8) is 0 Å². The van der Waals surface area contributed by atoms with Gasteiger partial charge >= 0.3 is 0 Å². The van der Waals surface area contributed by atoms with Gasteiger partial charge in [-0.1, -0.05) is 140 Å². The molecule has 226 valence electrons. The van der Waals surface area contributed by atoms with E-state index in [1.54, 1.807) is 0 Å². The van der Waals surface area contributed by atoms with Gasteiger partial charge in [0.25, 0.3) is 0 Å². The summed E-state index contributed by atoms with van der Waals surface area (Å²) in [5, 5.41) is 5.14. The van der Waals surface area contributed by atoms with Gasteiger partial charge in [0.15, 0.2) is 0 Å². The Morgan fingerprint density at radius 2 is 0.958 bits per heavy atom. The summed E-state index contributed by atoms with van der Waals surface area (Å²) in [5.74, 6) is 0. The number of thiophene rings is 1. The summed E-state index contributed by atoms with van der Waals surface area (Å²) in [6, 6.07) is 68.2. The standard InChI is InChI=1S/C46H31NS/c1-3-12-34(13-4-1)41-28-24-36(40-20-11-15-33-14-7-8-18-39(33)40)31-44(41)47(37-16-5-2-6-17-37)38-26-22-32(23-27-38)35-25-29-46-43(30-35)42-19-9-10-21-45(42)48-46/h1-31H. The third kappa shape index (κ3) is 5.04. The molecule has 0 aliphatic carbocycles. The number of rotatable bonds is 6. The smallest absolute Gasteiger partial charge is 0.0546 e. The average Bonchev–Trinajstić information content (AvgIpc) is 3.54. The molecule has 48 heavy (non-hydrogen) atoms. The van der Waals surface area contributed by atoms with Gasteiger partial charge in [0.2, 0.25) is 0 Å². The first kappa shape index (κ1) is 28.3. The molecule has 1 nitrogen and oxygen atoms in total. The Labute approximate surface area is 284 Å². The van der Waals surface area contributed by atoms with Crippen molar-refractivity contribution in [1.29, 1.82) is 0 Å². The SMILES string of the molecule is c1ccc(-c2ccc(-c3cccc4ccccc34)cc2N(c2ccccc2)c2ccc(-c3ccc4sc5ccccc5c4c3)cc2)cc1. The minimum atomic E-state index is 1.11. The highest BCUT2D eigenvalue weighted by Gasteiger charge is 2.19. The summed E-state index contributed by atoms with van der Waals surface area (Å²) < 4.78 is 2.66. The van der Waals surface area contributed by atoms with Crippen LogP contribution in [-0.4, -0.2) is 0 Å². The summed E-state index contributed by atoms with van der Waals surface area (Å²) in [6.07, 6.45) is 0. The Morgan fingerprint density at radius 3 is 1.79 bits per heavy atom. The van der Waals surface area contributed by atoms with Crippen LogP contribution in [0.25, 0.3) is 64.3 Å². The molecule has 9 aromatic rings. The molecule has 1 aromatic heterocycles. The van der Waals surface area contributed by atoms with Crippen molar-refractivity contribution in [3.05, 3.63) is 188 Å². The molecule has 0 bridgehead atoms. The minimum Gasteiger partial charge on any atom is -0.310 e. The van der Waals surface area contributed by atoms with E-state index in [9.17, 15) is 0 Å². The molecule has 8 aromatic carbocycles. The van der Waals surface area contributed by atoms with E-state index in [0.29, 0.717) is 0 Å². The van der Waals surface area contributed by atoms with Gasteiger partial charge in [-0.2, -0.15) is 0 Å². The maximum absolute atomic E-state index is 2.40. The van der Waals surface area contributed by atoms with Crippen LogP contribution < -0.4 is 4.90 Å². The highest BCUT2D eigenvalue weighted by Crippen LogP contribution is 2.44. The van der Waals surface area contributed by atoms with Crippen LogP contribution in [0.5, 0.6) is 0 Å². The number of fused-ring (bicyclic) bond motifs is 4. The Hall–Kier alpha value is -5.96. The zero-order valence-electron chi connectivity index (χ0n) is 26.3. The number of benzene rings is 8. The molecular weight excluding hydrogens is 599 g/mol. The van der Waals surface area contributed by atoms with E-state index in [-0.39, 0.29) is 0 Å². The Morgan fingerprint density at radius 1 is 0.333 bits per heavy atom.